The molecule has 3 rings (SSSR count). The number of amides is 1. The smallest absolute Gasteiger partial charge is 0.259 e. The number of H-pyrrole nitrogens is 1. The molecule has 0 radical (unpaired) electrons. The molecule has 1 amide bonds. The molecular formula is C15H14N4O3S. The van der Waals surface area contributed by atoms with Crippen LogP contribution in [0.15, 0.2) is 32.7 Å². The van der Waals surface area contributed by atoms with Crippen molar-refractivity contribution < 1.29 is 9.21 Å². The number of aryl methyl sites for hydroxylation is 2. The first-order chi connectivity index (χ1) is 11.0. The molecule has 0 atom stereocenters. The lowest BCUT2D eigenvalue weighted by molar-refractivity contribution is -0.120. The molecule has 3 aromatic rings. The third kappa shape index (κ3) is 3.21. The Morgan fingerprint density at radius 3 is 3.09 bits per heavy atom. The van der Waals surface area contributed by atoms with Crippen LogP contribution in [0.5, 0.6) is 0 Å². The molecule has 0 aromatic carbocycles. The number of rotatable bonds is 4. The third-order valence-corrected chi connectivity index (χ3v) is 4.44. The van der Waals surface area contributed by atoms with Crippen molar-refractivity contribution in [2.45, 2.75) is 20.3 Å². The van der Waals surface area contributed by atoms with Crippen LogP contribution >= 0.6 is 11.3 Å². The second-order valence-corrected chi connectivity index (χ2v) is 6.16. The van der Waals surface area contributed by atoms with Gasteiger partial charge < -0.3 is 9.40 Å². The van der Waals surface area contributed by atoms with Gasteiger partial charge in [0.25, 0.3) is 5.56 Å². The summed E-state index contributed by atoms with van der Waals surface area (Å²) >= 11 is 1.45. The SMILES string of the molecule is Cc1sc2nc(CC(=O)N/N=C\c3ccco3)[nH]c(=O)c2c1C. The van der Waals surface area contributed by atoms with Gasteiger partial charge in [0.2, 0.25) is 5.91 Å². The fraction of sp³-hybridized carbons (Fsp3) is 0.200. The lowest BCUT2D eigenvalue weighted by Crippen LogP contribution is -2.23. The van der Waals surface area contributed by atoms with Gasteiger partial charge in [-0.05, 0) is 31.5 Å². The largest absolute Gasteiger partial charge is 0.463 e. The van der Waals surface area contributed by atoms with Gasteiger partial charge >= 0.3 is 0 Å². The topological polar surface area (TPSA) is 100 Å². The number of furan rings is 1. The van der Waals surface area contributed by atoms with Gasteiger partial charge in [-0.25, -0.2) is 10.4 Å². The molecule has 0 saturated carbocycles. The zero-order chi connectivity index (χ0) is 16.4. The summed E-state index contributed by atoms with van der Waals surface area (Å²) in [7, 11) is 0. The maximum Gasteiger partial charge on any atom is 0.259 e. The van der Waals surface area contributed by atoms with E-state index < -0.39 is 0 Å². The molecule has 0 aliphatic heterocycles. The van der Waals surface area contributed by atoms with E-state index in [1.165, 1.54) is 23.8 Å². The summed E-state index contributed by atoms with van der Waals surface area (Å²) in [5.74, 6) is 0.470. The summed E-state index contributed by atoms with van der Waals surface area (Å²) in [6.45, 7) is 3.83. The van der Waals surface area contributed by atoms with Crippen LogP contribution in [0.4, 0.5) is 0 Å². The molecule has 0 fully saturated rings. The Balaban J connectivity index is 1.73. The summed E-state index contributed by atoms with van der Waals surface area (Å²) in [6.07, 6.45) is 2.85. The molecule has 23 heavy (non-hydrogen) atoms. The van der Waals surface area contributed by atoms with Crippen molar-refractivity contribution in [1.29, 1.82) is 0 Å². The number of nitrogens with one attached hydrogen (secondary N) is 2. The highest BCUT2D eigenvalue weighted by atomic mass is 32.1. The first kappa shape index (κ1) is 15.2. The van der Waals surface area contributed by atoms with E-state index in [0.717, 1.165) is 10.4 Å². The van der Waals surface area contributed by atoms with Gasteiger partial charge in [0, 0.05) is 4.88 Å². The van der Waals surface area contributed by atoms with Crippen molar-refractivity contribution in [1.82, 2.24) is 15.4 Å². The van der Waals surface area contributed by atoms with Crippen LogP contribution in [0.1, 0.15) is 22.0 Å². The number of carbonyl (C=O) groups excluding carboxylic acids is 1. The number of thiophene rings is 1. The fourth-order valence-electron chi connectivity index (χ4n) is 2.11. The van der Waals surface area contributed by atoms with Gasteiger partial charge in [-0.1, -0.05) is 0 Å². The molecule has 0 aliphatic rings. The Hall–Kier alpha value is -2.74. The molecule has 3 heterocycles. The first-order valence-electron chi connectivity index (χ1n) is 6.89. The molecule has 8 heteroatoms. The minimum absolute atomic E-state index is 0.0589. The van der Waals surface area contributed by atoms with E-state index in [1.807, 2.05) is 13.8 Å². The number of carbonyl (C=O) groups is 1. The van der Waals surface area contributed by atoms with Crippen molar-refractivity contribution in [3.8, 4) is 0 Å². The summed E-state index contributed by atoms with van der Waals surface area (Å²) in [5.41, 5.74) is 3.07. The number of nitrogens with zero attached hydrogens (tertiary/aromatic N) is 2. The minimum Gasteiger partial charge on any atom is -0.463 e. The number of aromatic nitrogens is 2. The average molecular weight is 330 g/mol. The van der Waals surface area contributed by atoms with Crippen molar-refractivity contribution >= 4 is 33.7 Å². The Morgan fingerprint density at radius 2 is 2.35 bits per heavy atom. The van der Waals surface area contributed by atoms with E-state index >= 15 is 0 Å². The quantitative estimate of drug-likeness (QED) is 0.563. The first-order valence-corrected chi connectivity index (χ1v) is 7.70. The van der Waals surface area contributed by atoms with Gasteiger partial charge in [-0.15, -0.1) is 11.3 Å². The summed E-state index contributed by atoms with van der Waals surface area (Å²) in [5, 5.41) is 4.37. The van der Waals surface area contributed by atoms with Crippen molar-refractivity contribution in [2.24, 2.45) is 5.10 Å². The molecule has 0 saturated heterocycles. The summed E-state index contributed by atoms with van der Waals surface area (Å²) in [6, 6.07) is 3.43. The normalized spacial score (nSPS) is 11.4. The number of hydrazone groups is 1. The highest BCUT2D eigenvalue weighted by Gasteiger charge is 2.13. The van der Waals surface area contributed by atoms with E-state index in [-0.39, 0.29) is 17.9 Å². The second-order valence-electron chi connectivity index (χ2n) is 4.96. The Bertz CT molecular complexity index is 938. The maximum atomic E-state index is 12.1. The minimum atomic E-state index is -0.375. The van der Waals surface area contributed by atoms with Crippen LogP contribution in [0.3, 0.4) is 0 Å². The average Bonchev–Trinajstić information content (AvgIpc) is 3.08. The lowest BCUT2D eigenvalue weighted by atomic mass is 10.2. The van der Waals surface area contributed by atoms with E-state index in [9.17, 15) is 9.59 Å². The summed E-state index contributed by atoms with van der Waals surface area (Å²) < 4.78 is 5.05. The highest BCUT2D eigenvalue weighted by molar-refractivity contribution is 7.18. The van der Waals surface area contributed by atoms with Crippen molar-refractivity contribution in [3.63, 3.8) is 0 Å². The van der Waals surface area contributed by atoms with Gasteiger partial charge in [-0.2, -0.15) is 5.10 Å². The highest BCUT2D eigenvalue weighted by Crippen LogP contribution is 2.25. The van der Waals surface area contributed by atoms with Crippen molar-refractivity contribution in [3.05, 3.63) is 50.8 Å². The van der Waals surface area contributed by atoms with E-state index in [0.29, 0.717) is 21.8 Å². The van der Waals surface area contributed by atoms with Gasteiger partial charge in [-0.3, -0.25) is 9.59 Å². The molecule has 0 bridgehead atoms. The Labute approximate surface area is 135 Å². The van der Waals surface area contributed by atoms with Crippen LogP contribution in [0.25, 0.3) is 10.2 Å². The predicted octanol–water partition coefficient (Wildman–Crippen LogP) is 1.89. The Morgan fingerprint density at radius 1 is 1.52 bits per heavy atom. The summed E-state index contributed by atoms with van der Waals surface area (Å²) in [4.78, 5) is 32.7. The van der Waals surface area contributed by atoms with Gasteiger partial charge in [0.15, 0.2) is 0 Å². The zero-order valence-electron chi connectivity index (χ0n) is 12.5. The van der Waals surface area contributed by atoms with Crippen LogP contribution in [-0.4, -0.2) is 22.1 Å². The number of hydrogen-bond acceptors (Lipinski definition) is 6. The molecule has 0 unspecified atom stereocenters. The molecular weight excluding hydrogens is 316 g/mol. The second kappa shape index (κ2) is 6.17. The van der Waals surface area contributed by atoms with E-state index in [2.05, 4.69) is 20.5 Å². The molecule has 0 spiro atoms. The zero-order valence-corrected chi connectivity index (χ0v) is 13.4. The third-order valence-electron chi connectivity index (χ3n) is 3.34. The molecule has 2 N–H and O–H groups in total. The monoisotopic (exact) mass is 330 g/mol. The number of hydrogen-bond donors (Lipinski definition) is 2. The van der Waals surface area contributed by atoms with E-state index in [4.69, 9.17) is 4.42 Å². The fourth-order valence-corrected chi connectivity index (χ4v) is 3.16. The molecule has 0 aliphatic carbocycles. The van der Waals surface area contributed by atoms with Crippen molar-refractivity contribution in [2.75, 3.05) is 0 Å². The number of fused-ring (bicyclic) bond motifs is 1. The van der Waals surface area contributed by atoms with Crippen LogP contribution < -0.4 is 11.0 Å². The number of aromatic amines is 1. The standard InChI is InChI=1S/C15H14N4O3S/c1-8-9(2)23-15-13(8)14(21)17-11(18-15)6-12(20)19-16-7-10-4-3-5-22-10/h3-5,7H,6H2,1-2H3,(H,19,20)(H,17,18,21)/b16-7-. The van der Waals surface area contributed by atoms with Crippen LogP contribution in [0, 0.1) is 13.8 Å². The predicted molar refractivity (Wildman–Crippen MR) is 87.9 cm³/mol. The molecule has 3 aromatic heterocycles. The maximum absolute atomic E-state index is 12.1. The van der Waals surface area contributed by atoms with Gasteiger partial charge in [0.05, 0.1) is 24.3 Å². The van der Waals surface area contributed by atoms with Crippen LogP contribution in [0.2, 0.25) is 0 Å². The molecule has 118 valence electrons. The Kier molecular flexibility index (Phi) is 4.07. The van der Waals surface area contributed by atoms with Crippen LogP contribution in [-0.2, 0) is 11.2 Å². The van der Waals surface area contributed by atoms with E-state index in [1.54, 1.807) is 12.1 Å². The lowest BCUT2D eigenvalue weighted by Gasteiger charge is -2.00. The molecule has 7 nitrogen and oxygen atoms in total. The van der Waals surface area contributed by atoms with Gasteiger partial charge in [0.1, 0.15) is 16.4 Å².